The Morgan fingerprint density at radius 1 is 1.29 bits per heavy atom. The van der Waals surface area contributed by atoms with Crippen molar-refractivity contribution in [2.24, 2.45) is 0 Å². The quantitative estimate of drug-likeness (QED) is 0.816. The zero-order chi connectivity index (χ0) is 15.1. The number of halogens is 1. The molecule has 1 aromatic heterocycles. The molecule has 1 heterocycles. The summed E-state index contributed by atoms with van der Waals surface area (Å²) < 4.78 is 19.2. The summed E-state index contributed by atoms with van der Waals surface area (Å²) in [6, 6.07) is 7.30. The van der Waals surface area contributed by atoms with E-state index in [0.29, 0.717) is 18.2 Å². The van der Waals surface area contributed by atoms with Crippen molar-refractivity contribution < 1.29 is 9.13 Å². The predicted octanol–water partition coefficient (Wildman–Crippen LogP) is 3.58. The first kappa shape index (κ1) is 15.0. The van der Waals surface area contributed by atoms with Crippen LogP contribution in [0.3, 0.4) is 0 Å². The number of anilines is 3. The van der Waals surface area contributed by atoms with Gasteiger partial charge in [0, 0.05) is 18.3 Å². The molecule has 2 rings (SSSR count). The zero-order valence-corrected chi connectivity index (χ0v) is 12.2. The van der Waals surface area contributed by atoms with Gasteiger partial charge in [-0.15, -0.1) is 0 Å². The lowest BCUT2D eigenvalue weighted by Crippen LogP contribution is -2.07. The van der Waals surface area contributed by atoms with Crippen LogP contribution in [0.25, 0.3) is 0 Å². The number of benzene rings is 1. The van der Waals surface area contributed by atoms with Gasteiger partial charge in [-0.1, -0.05) is 13.0 Å². The molecule has 0 saturated heterocycles. The maximum absolute atomic E-state index is 13.8. The van der Waals surface area contributed by atoms with Crippen molar-refractivity contribution in [3.8, 4) is 5.75 Å². The van der Waals surface area contributed by atoms with Crippen molar-refractivity contribution in [2.45, 2.75) is 20.3 Å². The molecule has 0 aliphatic rings. The van der Waals surface area contributed by atoms with Gasteiger partial charge >= 0.3 is 0 Å². The average Bonchev–Trinajstić information content (AvgIpc) is 2.49. The molecule has 6 heteroatoms. The van der Waals surface area contributed by atoms with E-state index in [1.54, 1.807) is 6.07 Å². The van der Waals surface area contributed by atoms with E-state index < -0.39 is 5.82 Å². The molecule has 0 amide bonds. The van der Waals surface area contributed by atoms with E-state index in [2.05, 4.69) is 20.6 Å². The summed E-state index contributed by atoms with van der Waals surface area (Å²) in [4.78, 5) is 8.03. The van der Waals surface area contributed by atoms with E-state index >= 15 is 0 Å². The third-order valence-corrected chi connectivity index (χ3v) is 2.68. The van der Waals surface area contributed by atoms with Crippen molar-refractivity contribution in [3.63, 3.8) is 0 Å². The number of hydrogen-bond donors (Lipinski definition) is 2. The van der Waals surface area contributed by atoms with Crippen LogP contribution >= 0.6 is 0 Å². The van der Waals surface area contributed by atoms with Gasteiger partial charge in [0.1, 0.15) is 5.75 Å². The molecule has 0 aliphatic heterocycles. The molecule has 2 aromatic rings. The van der Waals surface area contributed by atoms with Crippen LogP contribution in [0.15, 0.2) is 30.5 Å². The Morgan fingerprint density at radius 2 is 2.14 bits per heavy atom. The Balaban J connectivity index is 2.16. The lowest BCUT2D eigenvalue weighted by atomic mass is 10.3. The minimum atomic E-state index is -0.501. The number of rotatable bonds is 7. The van der Waals surface area contributed by atoms with Crippen molar-refractivity contribution in [1.29, 1.82) is 0 Å². The first-order chi connectivity index (χ1) is 10.2. The van der Waals surface area contributed by atoms with Gasteiger partial charge in [0.2, 0.25) is 5.95 Å². The van der Waals surface area contributed by atoms with Gasteiger partial charge in [-0.3, -0.25) is 0 Å². The van der Waals surface area contributed by atoms with Crippen molar-refractivity contribution in [1.82, 2.24) is 9.97 Å². The van der Waals surface area contributed by atoms with Crippen LogP contribution in [0.4, 0.5) is 21.8 Å². The van der Waals surface area contributed by atoms with Gasteiger partial charge in [0.15, 0.2) is 11.6 Å². The number of nitrogens with zero attached hydrogens (tertiary/aromatic N) is 2. The van der Waals surface area contributed by atoms with E-state index in [4.69, 9.17) is 4.74 Å². The zero-order valence-electron chi connectivity index (χ0n) is 12.2. The molecule has 0 aliphatic carbocycles. The second-order valence-electron chi connectivity index (χ2n) is 4.40. The van der Waals surface area contributed by atoms with Crippen LogP contribution in [0.5, 0.6) is 5.75 Å². The SMILES string of the molecule is CCCNc1ncc(F)c(Nc2cccc(OCC)c2)n1. The lowest BCUT2D eigenvalue weighted by molar-refractivity contribution is 0.340. The molecule has 0 saturated carbocycles. The number of aromatic nitrogens is 2. The van der Waals surface area contributed by atoms with Crippen molar-refractivity contribution >= 4 is 17.5 Å². The van der Waals surface area contributed by atoms with Gasteiger partial charge < -0.3 is 15.4 Å². The normalized spacial score (nSPS) is 10.2. The van der Waals surface area contributed by atoms with Crippen LogP contribution in [0.1, 0.15) is 20.3 Å². The van der Waals surface area contributed by atoms with Crippen molar-refractivity contribution in [2.75, 3.05) is 23.8 Å². The Labute approximate surface area is 123 Å². The molecule has 21 heavy (non-hydrogen) atoms. The van der Waals surface area contributed by atoms with Gasteiger partial charge in [-0.25, -0.2) is 9.37 Å². The summed E-state index contributed by atoms with van der Waals surface area (Å²) in [5.41, 5.74) is 0.708. The summed E-state index contributed by atoms with van der Waals surface area (Å²) in [5, 5.41) is 5.97. The highest BCUT2D eigenvalue weighted by Gasteiger charge is 2.07. The average molecular weight is 290 g/mol. The van der Waals surface area contributed by atoms with Crippen LogP contribution in [-0.2, 0) is 0 Å². The highest BCUT2D eigenvalue weighted by molar-refractivity contribution is 5.59. The van der Waals surface area contributed by atoms with Gasteiger partial charge in [-0.05, 0) is 25.5 Å². The van der Waals surface area contributed by atoms with E-state index in [9.17, 15) is 4.39 Å². The molecule has 0 bridgehead atoms. The summed E-state index contributed by atoms with van der Waals surface area (Å²) >= 11 is 0. The maximum Gasteiger partial charge on any atom is 0.224 e. The second kappa shape index (κ2) is 7.42. The van der Waals surface area contributed by atoms with Crippen molar-refractivity contribution in [3.05, 3.63) is 36.3 Å². The second-order valence-corrected chi connectivity index (χ2v) is 4.40. The molecular weight excluding hydrogens is 271 g/mol. The highest BCUT2D eigenvalue weighted by Crippen LogP contribution is 2.22. The molecule has 0 spiro atoms. The summed E-state index contributed by atoms with van der Waals surface area (Å²) in [5.74, 6) is 0.763. The van der Waals surface area contributed by atoms with Gasteiger partial charge in [0.25, 0.3) is 0 Å². The Kier molecular flexibility index (Phi) is 5.31. The number of nitrogens with one attached hydrogen (secondary N) is 2. The largest absolute Gasteiger partial charge is 0.494 e. The minimum absolute atomic E-state index is 0.136. The van der Waals surface area contributed by atoms with E-state index in [0.717, 1.165) is 24.9 Å². The predicted molar refractivity (Wildman–Crippen MR) is 81.7 cm³/mol. The fourth-order valence-electron chi connectivity index (χ4n) is 1.74. The van der Waals surface area contributed by atoms with E-state index in [1.165, 1.54) is 0 Å². The number of ether oxygens (including phenoxy) is 1. The molecule has 0 fully saturated rings. The molecular formula is C15H19FN4O. The summed E-state index contributed by atoms with van der Waals surface area (Å²) in [6.07, 6.45) is 2.10. The first-order valence-corrected chi connectivity index (χ1v) is 6.99. The summed E-state index contributed by atoms with van der Waals surface area (Å²) in [6.45, 7) is 5.27. The standard InChI is InChI=1S/C15H19FN4O/c1-3-8-17-15-18-10-13(16)14(20-15)19-11-6-5-7-12(9-11)21-4-2/h5-7,9-10H,3-4,8H2,1-2H3,(H2,17,18,19,20). The van der Waals surface area contributed by atoms with Crippen LogP contribution < -0.4 is 15.4 Å². The first-order valence-electron chi connectivity index (χ1n) is 6.99. The van der Waals surface area contributed by atoms with Gasteiger partial charge in [0.05, 0.1) is 12.8 Å². The topological polar surface area (TPSA) is 59.1 Å². The van der Waals surface area contributed by atoms with Crippen LogP contribution in [-0.4, -0.2) is 23.1 Å². The molecule has 0 unspecified atom stereocenters. The van der Waals surface area contributed by atoms with Crippen LogP contribution in [0.2, 0.25) is 0 Å². The Morgan fingerprint density at radius 3 is 2.90 bits per heavy atom. The molecule has 0 radical (unpaired) electrons. The van der Waals surface area contributed by atoms with E-state index in [1.807, 2.05) is 32.0 Å². The smallest absolute Gasteiger partial charge is 0.224 e. The van der Waals surface area contributed by atoms with Crippen LogP contribution in [0, 0.1) is 5.82 Å². The summed E-state index contributed by atoms with van der Waals surface area (Å²) in [7, 11) is 0. The Bertz CT molecular complexity index is 592. The maximum atomic E-state index is 13.8. The number of hydrogen-bond acceptors (Lipinski definition) is 5. The third-order valence-electron chi connectivity index (χ3n) is 2.68. The highest BCUT2D eigenvalue weighted by atomic mass is 19.1. The van der Waals surface area contributed by atoms with E-state index in [-0.39, 0.29) is 5.82 Å². The monoisotopic (exact) mass is 290 g/mol. The molecule has 0 atom stereocenters. The lowest BCUT2D eigenvalue weighted by Gasteiger charge is -2.10. The molecule has 2 N–H and O–H groups in total. The minimum Gasteiger partial charge on any atom is -0.494 e. The van der Waals surface area contributed by atoms with Gasteiger partial charge in [-0.2, -0.15) is 4.98 Å². The molecule has 1 aromatic carbocycles. The molecule has 5 nitrogen and oxygen atoms in total. The molecule has 112 valence electrons. The fraction of sp³-hybridized carbons (Fsp3) is 0.333. The Hall–Kier alpha value is -2.37. The third kappa shape index (κ3) is 4.30. The fourth-order valence-corrected chi connectivity index (χ4v) is 1.74.